The lowest BCUT2D eigenvalue weighted by Crippen LogP contribution is -2.00. The summed E-state index contributed by atoms with van der Waals surface area (Å²) >= 11 is 1.55. The Kier molecular flexibility index (Phi) is 2.81. The van der Waals surface area contributed by atoms with Crippen molar-refractivity contribution in [1.82, 2.24) is 4.57 Å². The lowest BCUT2D eigenvalue weighted by Gasteiger charge is -2.00. The van der Waals surface area contributed by atoms with Crippen molar-refractivity contribution in [3.05, 3.63) is 65.0 Å². The molecule has 2 aromatic carbocycles. The molecule has 1 N–H and O–H groups in total. The highest BCUT2D eigenvalue weighted by atomic mass is 32.1. The van der Waals surface area contributed by atoms with Gasteiger partial charge in [-0.2, -0.15) is 0 Å². The number of ketones is 1. The molecule has 0 aliphatic heterocycles. The highest BCUT2D eigenvalue weighted by Gasteiger charge is 2.23. The Hall–Kier alpha value is -2.59. The van der Waals surface area contributed by atoms with Gasteiger partial charge in [-0.1, -0.05) is 36.4 Å². The van der Waals surface area contributed by atoms with Crippen LogP contribution in [-0.2, 0) is 7.05 Å². The van der Waals surface area contributed by atoms with Gasteiger partial charge in [-0.25, -0.2) is 0 Å². The molecule has 0 spiro atoms. The summed E-state index contributed by atoms with van der Waals surface area (Å²) in [5, 5.41) is 14.0. The standard InChI is InChI=1S/C18H13NO2S/c1-19-14-8-4-2-7-12(14)16(18(19)21)17(20)13-10-22-15-9-5-3-6-11(13)15/h2-10,21H,1H3. The lowest BCUT2D eigenvalue weighted by molar-refractivity contribution is 0.103. The largest absolute Gasteiger partial charge is 0.494 e. The minimum Gasteiger partial charge on any atom is -0.494 e. The molecule has 0 aliphatic rings. The fraction of sp³-hybridized carbons (Fsp3) is 0.0556. The van der Waals surface area contributed by atoms with Crippen LogP contribution in [-0.4, -0.2) is 15.5 Å². The number of carbonyl (C=O) groups excluding carboxylic acids is 1. The predicted octanol–water partition coefficient (Wildman–Crippen LogP) is 4.33. The zero-order chi connectivity index (χ0) is 15.3. The molecule has 2 heterocycles. The van der Waals surface area contributed by atoms with E-state index in [0.717, 1.165) is 21.0 Å². The van der Waals surface area contributed by atoms with Crippen LogP contribution in [0.15, 0.2) is 53.9 Å². The summed E-state index contributed by atoms with van der Waals surface area (Å²) in [4.78, 5) is 13.0. The quantitative estimate of drug-likeness (QED) is 0.560. The van der Waals surface area contributed by atoms with E-state index in [2.05, 4.69) is 0 Å². The van der Waals surface area contributed by atoms with Gasteiger partial charge < -0.3 is 9.67 Å². The number of carbonyl (C=O) groups is 1. The molecule has 22 heavy (non-hydrogen) atoms. The molecule has 0 bridgehead atoms. The first-order valence-corrected chi connectivity index (χ1v) is 7.84. The van der Waals surface area contributed by atoms with Crippen molar-refractivity contribution in [3.63, 3.8) is 0 Å². The van der Waals surface area contributed by atoms with Gasteiger partial charge in [0.05, 0.1) is 11.1 Å². The van der Waals surface area contributed by atoms with Gasteiger partial charge in [0.15, 0.2) is 0 Å². The Bertz CT molecular complexity index is 1030. The molecule has 0 atom stereocenters. The highest BCUT2D eigenvalue weighted by Crippen LogP contribution is 2.35. The summed E-state index contributed by atoms with van der Waals surface area (Å²) in [6, 6.07) is 15.4. The maximum absolute atomic E-state index is 13.0. The number of benzene rings is 2. The number of aromatic hydroxyl groups is 1. The SMILES string of the molecule is Cn1c(O)c(C(=O)c2csc3ccccc23)c2ccccc21. The fourth-order valence-corrected chi connectivity index (χ4v) is 3.83. The Labute approximate surface area is 131 Å². The van der Waals surface area contributed by atoms with Gasteiger partial charge in [0.2, 0.25) is 11.7 Å². The highest BCUT2D eigenvalue weighted by molar-refractivity contribution is 7.17. The summed E-state index contributed by atoms with van der Waals surface area (Å²) in [6.07, 6.45) is 0. The van der Waals surface area contributed by atoms with Crippen molar-refractivity contribution >= 4 is 38.1 Å². The van der Waals surface area contributed by atoms with Crippen molar-refractivity contribution in [1.29, 1.82) is 0 Å². The molecule has 0 unspecified atom stereocenters. The van der Waals surface area contributed by atoms with Crippen LogP contribution in [0.4, 0.5) is 0 Å². The number of hydrogen-bond acceptors (Lipinski definition) is 3. The zero-order valence-electron chi connectivity index (χ0n) is 11.9. The topological polar surface area (TPSA) is 42.2 Å². The van der Waals surface area contributed by atoms with Crippen LogP contribution in [0.3, 0.4) is 0 Å². The Morgan fingerprint density at radius 2 is 1.73 bits per heavy atom. The second-order valence-corrected chi connectivity index (χ2v) is 6.16. The third-order valence-electron chi connectivity index (χ3n) is 4.03. The lowest BCUT2D eigenvalue weighted by atomic mass is 10.0. The second kappa shape index (κ2) is 4.71. The predicted molar refractivity (Wildman–Crippen MR) is 89.8 cm³/mol. The number of rotatable bonds is 2. The summed E-state index contributed by atoms with van der Waals surface area (Å²) < 4.78 is 2.72. The molecule has 4 aromatic rings. The van der Waals surface area contributed by atoms with E-state index in [0.29, 0.717) is 11.1 Å². The Balaban J connectivity index is 1.99. The van der Waals surface area contributed by atoms with Gasteiger partial charge in [0.25, 0.3) is 0 Å². The van der Waals surface area contributed by atoms with Crippen LogP contribution >= 0.6 is 11.3 Å². The van der Waals surface area contributed by atoms with Gasteiger partial charge in [0.1, 0.15) is 0 Å². The third kappa shape index (κ3) is 1.71. The fourth-order valence-electron chi connectivity index (χ4n) is 2.89. The van der Waals surface area contributed by atoms with E-state index in [9.17, 15) is 9.90 Å². The summed E-state index contributed by atoms with van der Waals surface area (Å²) in [6.45, 7) is 0. The van der Waals surface area contributed by atoms with Crippen molar-refractivity contribution < 1.29 is 9.90 Å². The molecule has 108 valence electrons. The van der Waals surface area contributed by atoms with Crippen LogP contribution in [0.2, 0.25) is 0 Å². The first kappa shape index (κ1) is 13.1. The van der Waals surface area contributed by atoms with Crippen molar-refractivity contribution in [2.24, 2.45) is 7.05 Å². The average molecular weight is 307 g/mol. The zero-order valence-corrected chi connectivity index (χ0v) is 12.7. The molecule has 0 aliphatic carbocycles. The number of para-hydroxylation sites is 1. The minimum absolute atomic E-state index is 0.0153. The Morgan fingerprint density at radius 1 is 1.05 bits per heavy atom. The summed E-state index contributed by atoms with van der Waals surface area (Å²) in [5.41, 5.74) is 1.87. The van der Waals surface area contributed by atoms with E-state index in [-0.39, 0.29) is 11.7 Å². The minimum atomic E-state index is -0.133. The van der Waals surface area contributed by atoms with E-state index in [1.807, 2.05) is 53.9 Å². The van der Waals surface area contributed by atoms with Gasteiger partial charge in [0, 0.05) is 33.5 Å². The average Bonchev–Trinajstić information content (AvgIpc) is 3.08. The molecular formula is C18H13NO2S. The number of thiophene rings is 1. The third-order valence-corrected chi connectivity index (χ3v) is 4.99. The van der Waals surface area contributed by atoms with Gasteiger partial charge in [-0.15, -0.1) is 11.3 Å². The van der Waals surface area contributed by atoms with E-state index < -0.39 is 0 Å². The summed E-state index contributed by atoms with van der Waals surface area (Å²) in [7, 11) is 1.76. The molecule has 2 aromatic heterocycles. The number of hydrogen-bond donors (Lipinski definition) is 1. The molecule has 3 nitrogen and oxygen atoms in total. The summed E-state index contributed by atoms with van der Waals surface area (Å²) in [5.74, 6) is -0.117. The molecule has 0 fully saturated rings. The molecule has 0 amide bonds. The number of nitrogens with zero attached hydrogens (tertiary/aromatic N) is 1. The van der Waals surface area contributed by atoms with Crippen LogP contribution in [0.25, 0.3) is 21.0 Å². The molecule has 0 radical (unpaired) electrons. The van der Waals surface area contributed by atoms with E-state index in [1.54, 1.807) is 23.0 Å². The second-order valence-electron chi connectivity index (χ2n) is 5.25. The van der Waals surface area contributed by atoms with E-state index >= 15 is 0 Å². The van der Waals surface area contributed by atoms with Gasteiger partial charge in [-0.05, 0) is 12.1 Å². The van der Waals surface area contributed by atoms with Crippen molar-refractivity contribution in [2.75, 3.05) is 0 Å². The number of aromatic nitrogens is 1. The monoisotopic (exact) mass is 307 g/mol. The molecule has 0 saturated heterocycles. The number of fused-ring (bicyclic) bond motifs is 2. The van der Waals surface area contributed by atoms with E-state index in [4.69, 9.17) is 0 Å². The van der Waals surface area contributed by atoms with Gasteiger partial charge in [-0.3, -0.25) is 4.79 Å². The first-order valence-electron chi connectivity index (χ1n) is 6.96. The number of aryl methyl sites for hydroxylation is 1. The first-order chi connectivity index (χ1) is 10.7. The molecule has 4 rings (SSSR count). The molecule has 4 heteroatoms. The van der Waals surface area contributed by atoms with Crippen LogP contribution in [0.1, 0.15) is 15.9 Å². The van der Waals surface area contributed by atoms with E-state index in [1.165, 1.54) is 0 Å². The smallest absolute Gasteiger partial charge is 0.203 e. The van der Waals surface area contributed by atoms with Crippen molar-refractivity contribution in [2.45, 2.75) is 0 Å². The van der Waals surface area contributed by atoms with Crippen LogP contribution in [0, 0.1) is 0 Å². The maximum Gasteiger partial charge on any atom is 0.203 e. The van der Waals surface area contributed by atoms with Crippen LogP contribution in [0.5, 0.6) is 5.88 Å². The Morgan fingerprint density at radius 3 is 2.55 bits per heavy atom. The molecular weight excluding hydrogens is 294 g/mol. The van der Waals surface area contributed by atoms with Gasteiger partial charge >= 0.3 is 0 Å². The maximum atomic E-state index is 13.0. The van der Waals surface area contributed by atoms with Crippen LogP contribution < -0.4 is 0 Å². The van der Waals surface area contributed by atoms with Crippen molar-refractivity contribution in [3.8, 4) is 5.88 Å². The normalized spacial score (nSPS) is 11.3. The molecule has 0 saturated carbocycles.